The van der Waals surface area contributed by atoms with E-state index in [4.69, 9.17) is 18.7 Å². The van der Waals surface area contributed by atoms with Gasteiger partial charge in [0.1, 0.15) is 35.9 Å². The maximum absolute atomic E-state index is 14.3. The van der Waals surface area contributed by atoms with Crippen LogP contribution in [-0.4, -0.2) is 54.7 Å². The van der Waals surface area contributed by atoms with Crippen molar-refractivity contribution >= 4 is 5.71 Å². The van der Waals surface area contributed by atoms with Crippen molar-refractivity contribution in [3.8, 4) is 5.75 Å². The molecule has 186 valence electrons. The highest BCUT2D eigenvalue weighted by Gasteiger charge is 2.26. The minimum atomic E-state index is -0.836. The van der Waals surface area contributed by atoms with Gasteiger partial charge in [0.15, 0.2) is 0 Å². The molecule has 4 rings (SSSR count). The zero-order chi connectivity index (χ0) is 24.6. The SMILES string of the molecule is COc1ccc(C2=NO[C@H](CN(Cc3ccc(F)cc3F)C[C@H](O)COCc3ccco3)C2)cc1. The number of rotatable bonds is 12. The van der Waals surface area contributed by atoms with Crippen LogP contribution < -0.4 is 4.74 Å². The van der Waals surface area contributed by atoms with E-state index in [-0.39, 0.29) is 32.4 Å². The molecule has 1 aliphatic rings. The predicted octanol–water partition coefficient (Wildman–Crippen LogP) is 4.14. The van der Waals surface area contributed by atoms with Gasteiger partial charge in [-0.1, -0.05) is 11.2 Å². The van der Waals surface area contributed by atoms with Crippen LogP contribution in [0.15, 0.2) is 70.4 Å². The summed E-state index contributed by atoms with van der Waals surface area (Å²) < 4.78 is 43.7. The number of aliphatic hydroxyl groups excluding tert-OH is 1. The van der Waals surface area contributed by atoms with Gasteiger partial charge in [0.2, 0.25) is 0 Å². The average Bonchev–Trinajstić information content (AvgIpc) is 3.53. The van der Waals surface area contributed by atoms with Crippen LogP contribution in [-0.2, 0) is 22.7 Å². The van der Waals surface area contributed by atoms with E-state index < -0.39 is 17.7 Å². The van der Waals surface area contributed by atoms with Gasteiger partial charge < -0.3 is 23.8 Å². The van der Waals surface area contributed by atoms with Crippen LogP contribution >= 0.6 is 0 Å². The standard InChI is InChI=1S/C26H28F2N2O5/c1-32-22-8-5-18(6-9-22)26-12-24(35-29-26)15-30(13-19-4-7-20(27)11-25(19)28)14-21(31)16-33-17-23-3-2-10-34-23/h2-11,21,24,31H,12-17H2,1H3/t21-,24-/m0/s1. The molecule has 1 aromatic heterocycles. The first-order valence-electron chi connectivity index (χ1n) is 11.3. The van der Waals surface area contributed by atoms with Crippen LogP contribution in [0, 0.1) is 11.6 Å². The molecular weight excluding hydrogens is 458 g/mol. The Balaban J connectivity index is 1.36. The first kappa shape index (κ1) is 24.8. The molecule has 2 atom stereocenters. The Bertz CT molecular complexity index is 1110. The van der Waals surface area contributed by atoms with Crippen molar-refractivity contribution in [1.29, 1.82) is 0 Å². The Kier molecular flexibility index (Phi) is 8.46. The van der Waals surface area contributed by atoms with E-state index in [1.54, 1.807) is 25.5 Å². The fourth-order valence-corrected chi connectivity index (χ4v) is 3.90. The van der Waals surface area contributed by atoms with E-state index >= 15 is 0 Å². The van der Waals surface area contributed by atoms with Crippen LogP contribution in [0.3, 0.4) is 0 Å². The van der Waals surface area contributed by atoms with E-state index in [0.29, 0.717) is 24.3 Å². The number of furan rings is 1. The third kappa shape index (κ3) is 7.11. The summed E-state index contributed by atoms with van der Waals surface area (Å²) in [5.41, 5.74) is 2.05. The number of benzene rings is 2. The second-order valence-corrected chi connectivity index (χ2v) is 8.38. The molecule has 2 heterocycles. The van der Waals surface area contributed by atoms with Crippen LogP contribution in [0.4, 0.5) is 8.78 Å². The van der Waals surface area contributed by atoms with Gasteiger partial charge in [0.25, 0.3) is 0 Å². The molecule has 0 saturated carbocycles. The number of oxime groups is 1. The molecule has 0 bridgehead atoms. The van der Waals surface area contributed by atoms with E-state index in [1.807, 2.05) is 29.2 Å². The van der Waals surface area contributed by atoms with E-state index in [1.165, 1.54) is 12.1 Å². The molecule has 35 heavy (non-hydrogen) atoms. The summed E-state index contributed by atoms with van der Waals surface area (Å²) in [6.45, 7) is 1.06. The highest BCUT2D eigenvalue weighted by Crippen LogP contribution is 2.21. The minimum Gasteiger partial charge on any atom is -0.497 e. The van der Waals surface area contributed by atoms with Gasteiger partial charge in [-0.3, -0.25) is 4.90 Å². The largest absolute Gasteiger partial charge is 0.497 e. The monoisotopic (exact) mass is 486 g/mol. The number of methoxy groups -OCH3 is 1. The van der Waals surface area contributed by atoms with Gasteiger partial charge in [0, 0.05) is 37.7 Å². The smallest absolute Gasteiger partial charge is 0.145 e. The molecule has 0 unspecified atom stereocenters. The molecule has 9 heteroatoms. The number of halogens is 2. The lowest BCUT2D eigenvalue weighted by Crippen LogP contribution is -2.39. The van der Waals surface area contributed by atoms with Gasteiger partial charge in [-0.2, -0.15) is 0 Å². The molecule has 0 radical (unpaired) electrons. The van der Waals surface area contributed by atoms with E-state index in [0.717, 1.165) is 23.1 Å². The lowest BCUT2D eigenvalue weighted by molar-refractivity contribution is -0.00976. The van der Waals surface area contributed by atoms with E-state index in [2.05, 4.69) is 5.16 Å². The fourth-order valence-electron chi connectivity index (χ4n) is 3.90. The lowest BCUT2D eigenvalue weighted by atomic mass is 10.0. The molecular formula is C26H28F2N2O5. The molecule has 0 spiro atoms. The Labute approximate surface area is 202 Å². The first-order chi connectivity index (χ1) is 17.0. The Morgan fingerprint density at radius 2 is 2.00 bits per heavy atom. The second-order valence-electron chi connectivity index (χ2n) is 8.38. The third-order valence-electron chi connectivity index (χ3n) is 5.63. The fraction of sp³-hybridized carbons (Fsp3) is 0.346. The summed E-state index contributed by atoms with van der Waals surface area (Å²) in [5.74, 6) is 0.132. The lowest BCUT2D eigenvalue weighted by Gasteiger charge is -2.27. The second kappa shape index (κ2) is 11.9. The van der Waals surface area contributed by atoms with Crippen molar-refractivity contribution in [2.75, 3.05) is 26.8 Å². The quantitative estimate of drug-likeness (QED) is 0.415. The molecule has 0 aliphatic carbocycles. The molecule has 0 amide bonds. The Morgan fingerprint density at radius 3 is 2.71 bits per heavy atom. The summed E-state index contributed by atoms with van der Waals surface area (Å²) in [5, 5.41) is 14.8. The van der Waals surface area contributed by atoms with Gasteiger partial charge in [0.05, 0.1) is 31.8 Å². The first-order valence-corrected chi connectivity index (χ1v) is 11.3. The molecule has 2 aromatic carbocycles. The maximum atomic E-state index is 14.3. The van der Waals surface area contributed by atoms with Gasteiger partial charge >= 0.3 is 0 Å². The highest BCUT2D eigenvalue weighted by atomic mass is 19.1. The number of hydrogen-bond donors (Lipinski definition) is 1. The van der Waals surface area contributed by atoms with Crippen molar-refractivity contribution < 1.29 is 32.6 Å². The van der Waals surface area contributed by atoms with Gasteiger partial charge in [-0.25, -0.2) is 8.78 Å². The normalized spacial score (nSPS) is 16.3. The van der Waals surface area contributed by atoms with Crippen LogP contribution in [0.25, 0.3) is 0 Å². The zero-order valence-corrected chi connectivity index (χ0v) is 19.4. The summed E-state index contributed by atoms with van der Waals surface area (Å²) in [7, 11) is 1.61. The summed E-state index contributed by atoms with van der Waals surface area (Å²) >= 11 is 0. The molecule has 1 aliphatic heterocycles. The van der Waals surface area contributed by atoms with Crippen LogP contribution in [0.1, 0.15) is 23.3 Å². The van der Waals surface area contributed by atoms with Crippen LogP contribution in [0.2, 0.25) is 0 Å². The summed E-state index contributed by atoms with van der Waals surface area (Å²) in [6.07, 6.45) is 0.987. The van der Waals surface area contributed by atoms with E-state index in [9.17, 15) is 13.9 Å². The van der Waals surface area contributed by atoms with Crippen molar-refractivity contribution in [2.45, 2.75) is 31.8 Å². The zero-order valence-electron chi connectivity index (χ0n) is 19.4. The summed E-state index contributed by atoms with van der Waals surface area (Å²) in [4.78, 5) is 7.50. The molecule has 7 nitrogen and oxygen atoms in total. The Hall–Kier alpha value is -3.27. The number of aliphatic hydroxyl groups is 1. The third-order valence-corrected chi connectivity index (χ3v) is 5.63. The Morgan fingerprint density at radius 1 is 1.17 bits per heavy atom. The maximum Gasteiger partial charge on any atom is 0.145 e. The van der Waals surface area contributed by atoms with Crippen molar-refractivity contribution in [2.24, 2.45) is 5.16 Å². The molecule has 1 N–H and O–H groups in total. The van der Waals surface area contributed by atoms with Crippen molar-refractivity contribution in [1.82, 2.24) is 4.90 Å². The van der Waals surface area contributed by atoms with Crippen LogP contribution in [0.5, 0.6) is 5.75 Å². The molecule has 3 aromatic rings. The topological polar surface area (TPSA) is 76.7 Å². The van der Waals surface area contributed by atoms with Gasteiger partial charge in [-0.05, 0) is 48.0 Å². The number of nitrogens with zero attached hydrogens (tertiary/aromatic N) is 2. The van der Waals surface area contributed by atoms with Crippen molar-refractivity contribution in [3.05, 3.63) is 89.4 Å². The highest BCUT2D eigenvalue weighted by molar-refractivity contribution is 6.01. The predicted molar refractivity (Wildman–Crippen MR) is 125 cm³/mol. The molecule has 0 fully saturated rings. The van der Waals surface area contributed by atoms with Gasteiger partial charge in [-0.15, -0.1) is 0 Å². The minimum absolute atomic E-state index is 0.0716. The number of hydrogen-bond acceptors (Lipinski definition) is 7. The summed E-state index contributed by atoms with van der Waals surface area (Å²) in [6, 6.07) is 14.6. The molecule has 0 saturated heterocycles. The average molecular weight is 487 g/mol. The number of ether oxygens (including phenoxy) is 2. The van der Waals surface area contributed by atoms with Crippen molar-refractivity contribution in [3.63, 3.8) is 0 Å².